The summed E-state index contributed by atoms with van der Waals surface area (Å²) in [5.74, 6) is 0. The third-order valence-electron chi connectivity index (χ3n) is 3.33. The van der Waals surface area contributed by atoms with Gasteiger partial charge in [-0.3, -0.25) is 10.1 Å². The number of nitro groups is 1. The molecule has 0 aliphatic carbocycles. The first-order valence-corrected chi connectivity index (χ1v) is 8.01. The first-order valence-electron chi connectivity index (χ1n) is 6.57. The van der Waals surface area contributed by atoms with Gasteiger partial charge in [-0.1, -0.05) is 36.4 Å². The van der Waals surface area contributed by atoms with Crippen molar-refractivity contribution >= 4 is 15.7 Å². The van der Waals surface area contributed by atoms with Crippen LogP contribution < -0.4 is 0 Å². The Balaban J connectivity index is 2.34. The Labute approximate surface area is 129 Å². The van der Waals surface area contributed by atoms with Crippen LogP contribution in [0.1, 0.15) is 11.1 Å². The fraction of sp³-hybridized carbons (Fsp3) is 0.200. The maximum Gasteiger partial charge on any atom is 0.273 e. The molecular weight excluding hydrogens is 304 g/mol. The molecule has 2 aromatic rings. The monoisotopic (exact) mass is 320 g/mol. The van der Waals surface area contributed by atoms with Crippen molar-refractivity contribution in [2.24, 2.45) is 0 Å². The average molecular weight is 320 g/mol. The minimum Gasteiger partial charge on any atom is -0.258 e. The van der Waals surface area contributed by atoms with Gasteiger partial charge in [0.15, 0.2) is 0 Å². The Morgan fingerprint density at radius 2 is 1.77 bits per heavy atom. The number of nitrogens with zero attached hydrogens (tertiary/aromatic N) is 2. The van der Waals surface area contributed by atoms with E-state index in [2.05, 4.69) is 0 Å². The van der Waals surface area contributed by atoms with Crippen LogP contribution in [0.25, 0.3) is 0 Å². The highest BCUT2D eigenvalue weighted by Crippen LogP contribution is 2.24. The quantitative estimate of drug-likeness (QED) is 0.626. The summed E-state index contributed by atoms with van der Waals surface area (Å²) in [6, 6.07) is 13.1. The molecule has 116 valence electrons. The van der Waals surface area contributed by atoms with Gasteiger partial charge in [0.2, 0.25) is 10.0 Å². The summed E-state index contributed by atoms with van der Waals surface area (Å²) in [7, 11) is -2.33. The molecular formula is C15H16N2O4S. The number of hydrogen-bond donors (Lipinski definition) is 0. The molecule has 0 atom stereocenters. The average Bonchev–Trinajstić information content (AvgIpc) is 2.48. The largest absolute Gasteiger partial charge is 0.273 e. The van der Waals surface area contributed by atoms with Gasteiger partial charge in [0, 0.05) is 25.2 Å². The summed E-state index contributed by atoms with van der Waals surface area (Å²) in [6.45, 7) is 1.77. The van der Waals surface area contributed by atoms with E-state index in [4.69, 9.17) is 0 Å². The molecule has 0 heterocycles. The summed E-state index contributed by atoms with van der Waals surface area (Å²) >= 11 is 0. The third-order valence-corrected chi connectivity index (χ3v) is 5.13. The van der Waals surface area contributed by atoms with Crippen LogP contribution >= 0.6 is 0 Å². The molecule has 0 N–H and O–H groups in total. The van der Waals surface area contributed by atoms with E-state index < -0.39 is 14.9 Å². The Morgan fingerprint density at radius 1 is 1.14 bits per heavy atom. The summed E-state index contributed by atoms with van der Waals surface area (Å²) in [4.78, 5) is 10.3. The van der Waals surface area contributed by atoms with Crippen molar-refractivity contribution in [2.75, 3.05) is 7.05 Å². The second-order valence-electron chi connectivity index (χ2n) is 4.95. The molecule has 22 heavy (non-hydrogen) atoms. The second-order valence-corrected chi connectivity index (χ2v) is 7.00. The molecule has 2 aromatic carbocycles. The number of hydrogen-bond acceptors (Lipinski definition) is 4. The van der Waals surface area contributed by atoms with Crippen molar-refractivity contribution in [3.05, 3.63) is 69.8 Å². The Bertz CT molecular complexity index is 788. The number of benzene rings is 2. The second kappa shape index (κ2) is 6.25. The van der Waals surface area contributed by atoms with E-state index in [0.29, 0.717) is 5.56 Å². The van der Waals surface area contributed by atoms with Gasteiger partial charge in [0.1, 0.15) is 0 Å². The third kappa shape index (κ3) is 3.32. The highest BCUT2D eigenvalue weighted by Gasteiger charge is 2.24. The fourth-order valence-electron chi connectivity index (χ4n) is 2.05. The highest BCUT2D eigenvalue weighted by atomic mass is 32.2. The van der Waals surface area contributed by atoms with Gasteiger partial charge < -0.3 is 0 Å². The van der Waals surface area contributed by atoms with Crippen LogP contribution in [0, 0.1) is 17.0 Å². The maximum atomic E-state index is 12.5. The van der Waals surface area contributed by atoms with Crippen molar-refractivity contribution in [1.29, 1.82) is 0 Å². The van der Waals surface area contributed by atoms with E-state index in [0.717, 1.165) is 11.6 Å². The van der Waals surface area contributed by atoms with Crippen molar-refractivity contribution in [1.82, 2.24) is 4.31 Å². The van der Waals surface area contributed by atoms with Gasteiger partial charge in [0.05, 0.1) is 9.82 Å². The molecule has 0 saturated carbocycles. The van der Waals surface area contributed by atoms with E-state index in [1.807, 2.05) is 30.3 Å². The lowest BCUT2D eigenvalue weighted by Crippen LogP contribution is -2.26. The smallest absolute Gasteiger partial charge is 0.258 e. The van der Waals surface area contributed by atoms with E-state index in [1.165, 1.54) is 23.5 Å². The Kier molecular flexibility index (Phi) is 4.58. The normalized spacial score (nSPS) is 11.6. The zero-order valence-electron chi connectivity index (χ0n) is 12.3. The standard InChI is InChI=1S/C15H16N2O4S/c1-12-8-9-14(10-15(12)17(18)19)22(20,21)16(2)11-13-6-4-3-5-7-13/h3-10H,11H2,1-2H3. The molecule has 6 nitrogen and oxygen atoms in total. The molecule has 0 fully saturated rings. The SMILES string of the molecule is Cc1ccc(S(=O)(=O)N(C)Cc2ccccc2)cc1[N+](=O)[O-]. The zero-order valence-corrected chi connectivity index (χ0v) is 13.1. The molecule has 0 aliphatic rings. The van der Waals surface area contributed by atoms with Crippen LogP contribution in [0.3, 0.4) is 0 Å². The molecule has 0 bridgehead atoms. The van der Waals surface area contributed by atoms with Crippen LogP contribution in [-0.2, 0) is 16.6 Å². The molecule has 0 saturated heterocycles. The molecule has 0 aliphatic heterocycles. The lowest BCUT2D eigenvalue weighted by molar-refractivity contribution is -0.385. The Morgan fingerprint density at radius 3 is 2.36 bits per heavy atom. The van der Waals surface area contributed by atoms with Gasteiger partial charge in [0.25, 0.3) is 5.69 Å². The van der Waals surface area contributed by atoms with Gasteiger partial charge >= 0.3 is 0 Å². The van der Waals surface area contributed by atoms with Crippen molar-refractivity contribution in [2.45, 2.75) is 18.4 Å². The van der Waals surface area contributed by atoms with Crippen LogP contribution in [-0.4, -0.2) is 24.7 Å². The fourth-order valence-corrected chi connectivity index (χ4v) is 3.23. The van der Waals surface area contributed by atoms with Gasteiger partial charge in [-0.15, -0.1) is 0 Å². The van der Waals surface area contributed by atoms with Gasteiger partial charge in [-0.25, -0.2) is 8.42 Å². The first kappa shape index (κ1) is 16.1. The number of aryl methyl sites for hydroxylation is 1. The van der Waals surface area contributed by atoms with Crippen LogP contribution in [0.15, 0.2) is 53.4 Å². The molecule has 2 rings (SSSR count). The predicted octanol–water partition coefficient (Wildman–Crippen LogP) is 2.72. The topological polar surface area (TPSA) is 80.5 Å². The number of rotatable bonds is 5. The van der Waals surface area contributed by atoms with E-state index in [1.54, 1.807) is 6.92 Å². The molecule has 7 heteroatoms. The van der Waals surface area contributed by atoms with E-state index >= 15 is 0 Å². The van der Waals surface area contributed by atoms with E-state index in [9.17, 15) is 18.5 Å². The van der Waals surface area contributed by atoms with Gasteiger partial charge in [-0.2, -0.15) is 4.31 Å². The summed E-state index contributed by atoms with van der Waals surface area (Å²) in [5.41, 5.74) is 1.07. The van der Waals surface area contributed by atoms with Crippen LogP contribution in [0.5, 0.6) is 0 Å². The molecule has 0 aromatic heterocycles. The maximum absolute atomic E-state index is 12.5. The van der Waals surface area contributed by atoms with E-state index in [-0.39, 0.29) is 17.1 Å². The number of nitro benzene ring substituents is 1. The summed E-state index contributed by atoms with van der Waals surface area (Å²) < 4.78 is 26.2. The summed E-state index contributed by atoms with van der Waals surface area (Å²) in [6.07, 6.45) is 0. The predicted molar refractivity (Wildman–Crippen MR) is 82.9 cm³/mol. The van der Waals surface area contributed by atoms with Crippen molar-refractivity contribution < 1.29 is 13.3 Å². The van der Waals surface area contributed by atoms with Crippen molar-refractivity contribution in [3.8, 4) is 0 Å². The minimum atomic E-state index is -3.78. The van der Waals surface area contributed by atoms with Crippen LogP contribution in [0.2, 0.25) is 0 Å². The Hall–Kier alpha value is -2.25. The first-order chi connectivity index (χ1) is 10.3. The number of sulfonamides is 1. The lowest BCUT2D eigenvalue weighted by atomic mass is 10.2. The molecule has 0 radical (unpaired) electrons. The molecule has 0 spiro atoms. The lowest BCUT2D eigenvalue weighted by Gasteiger charge is -2.17. The van der Waals surface area contributed by atoms with Crippen molar-refractivity contribution in [3.63, 3.8) is 0 Å². The molecule has 0 amide bonds. The van der Waals surface area contributed by atoms with Crippen LogP contribution in [0.4, 0.5) is 5.69 Å². The summed E-state index contributed by atoms with van der Waals surface area (Å²) in [5, 5.41) is 11.0. The highest BCUT2D eigenvalue weighted by molar-refractivity contribution is 7.89. The molecule has 0 unspecified atom stereocenters. The zero-order chi connectivity index (χ0) is 16.3. The minimum absolute atomic E-state index is 0.0803. The van der Waals surface area contributed by atoms with Gasteiger partial charge in [-0.05, 0) is 18.6 Å².